The van der Waals surface area contributed by atoms with Gasteiger partial charge in [-0.25, -0.2) is 0 Å². The average molecular weight is 955 g/mol. The van der Waals surface area contributed by atoms with Gasteiger partial charge in [0.1, 0.15) is 36.6 Å². The molecule has 7 heterocycles. The van der Waals surface area contributed by atoms with Crippen molar-refractivity contribution in [3.05, 3.63) is 11.6 Å². The molecule has 2 bridgehead atoms. The van der Waals surface area contributed by atoms with Gasteiger partial charge in [0.05, 0.1) is 74.1 Å². The van der Waals surface area contributed by atoms with E-state index in [9.17, 15) is 15.3 Å². The van der Waals surface area contributed by atoms with Gasteiger partial charge < -0.3 is 86.4 Å². The first-order valence-electron chi connectivity index (χ1n) is 25.1. The van der Waals surface area contributed by atoms with E-state index < -0.39 is 97.8 Å². The van der Waals surface area contributed by atoms with Crippen LogP contribution in [0, 0.1) is 28.6 Å². The maximum absolute atomic E-state index is 11.3. The van der Waals surface area contributed by atoms with Gasteiger partial charge in [0.2, 0.25) is 0 Å². The number of methoxy groups -OCH3 is 4. The highest BCUT2D eigenvalue weighted by Gasteiger charge is 2.83. The minimum Gasteiger partial charge on any atom is -0.395 e. The number of aliphatic hydroxyl groups is 3. The number of ether oxygens (including phenoxy) is 15. The van der Waals surface area contributed by atoms with Crippen LogP contribution in [-0.4, -0.2) is 185 Å². The molecule has 26 atom stereocenters. The smallest absolute Gasteiger partial charge is 0.187 e. The Morgan fingerprint density at radius 3 is 1.79 bits per heavy atom. The van der Waals surface area contributed by atoms with Crippen LogP contribution in [0.3, 0.4) is 0 Å². The van der Waals surface area contributed by atoms with E-state index in [0.717, 1.165) is 38.5 Å². The van der Waals surface area contributed by atoms with Crippen LogP contribution in [0.1, 0.15) is 99.3 Å². The first kappa shape index (κ1) is 49.6. The lowest BCUT2D eigenvalue weighted by molar-refractivity contribution is -0.359. The van der Waals surface area contributed by atoms with Crippen LogP contribution >= 0.6 is 0 Å². The van der Waals surface area contributed by atoms with Crippen LogP contribution in [0.2, 0.25) is 0 Å². The lowest BCUT2D eigenvalue weighted by atomic mass is 9.47. The molecule has 67 heavy (non-hydrogen) atoms. The summed E-state index contributed by atoms with van der Waals surface area (Å²) in [6.07, 6.45) is -1.68. The number of rotatable bonds is 13. The second-order valence-electron chi connectivity index (χ2n) is 21.7. The number of aliphatic hydroxyl groups excluding tert-OH is 3. The molecule has 0 aromatic rings. The first-order chi connectivity index (χ1) is 32.0. The molecule has 0 aromatic carbocycles. The Labute approximate surface area is 395 Å². The van der Waals surface area contributed by atoms with Gasteiger partial charge in [-0.3, -0.25) is 0 Å². The van der Waals surface area contributed by atoms with E-state index in [1.807, 2.05) is 20.8 Å². The molecule has 0 aromatic heterocycles. The van der Waals surface area contributed by atoms with Crippen molar-refractivity contribution in [3.8, 4) is 0 Å². The Morgan fingerprint density at radius 1 is 0.657 bits per heavy atom. The van der Waals surface area contributed by atoms with Crippen molar-refractivity contribution in [2.45, 2.75) is 228 Å². The molecular formula is C49H78O18. The normalized spacial score (nSPS) is 56.0. The summed E-state index contributed by atoms with van der Waals surface area (Å²) in [6, 6.07) is 0. The van der Waals surface area contributed by atoms with Gasteiger partial charge >= 0.3 is 0 Å². The van der Waals surface area contributed by atoms with Gasteiger partial charge in [-0.05, 0) is 79.1 Å². The van der Waals surface area contributed by atoms with E-state index in [0.29, 0.717) is 25.9 Å². The van der Waals surface area contributed by atoms with E-state index in [-0.39, 0.29) is 65.7 Å². The molecule has 18 nitrogen and oxygen atoms in total. The summed E-state index contributed by atoms with van der Waals surface area (Å²) in [4.78, 5) is 0. The van der Waals surface area contributed by atoms with Crippen LogP contribution < -0.4 is 0 Å². The van der Waals surface area contributed by atoms with E-state index in [1.54, 1.807) is 28.3 Å². The van der Waals surface area contributed by atoms with E-state index in [1.165, 1.54) is 12.7 Å². The summed E-state index contributed by atoms with van der Waals surface area (Å²) in [7, 11) is 6.37. The van der Waals surface area contributed by atoms with Crippen molar-refractivity contribution in [1.29, 1.82) is 0 Å². The minimum absolute atomic E-state index is 0.0587. The summed E-state index contributed by atoms with van der Waals surface area (Å²) < 4.78 is 94.9. The van der Waals surface area contributed by atoms with Crippen molar-refractivity contribution in [3.63, 3.8) is 0 Å². The predicted molar refractivity (Wildman–Crippen MR) is 233 cm³/mol. The molecule has 0 amide bonds. The van der Waals surface area contributed by atoms with Gasteiger partial charge in [-0.15, -0.1) is 0 Å². The van der Waals surface area contributed by atoms with E-state index in [4.69, 9.17) is 71.1 Å². The average Bonchev–Trinajstić information content (AvgIpc) is 3.80. The number of hydrogen-bond acceptors (Lipinski definition) is 18. The van der Waals surface area contributed by atoms with Crippen molar-refractivity contribution in [1.82, 2.24) is 0 Å². The highest BCUT2D eigenvalue weighted by molar-refractivity contribution is 5.30. The second-order valence-corrected chi connectivity index (χ2v) is 21.7. The third kappa shape index (κ3) is 8.06. The molecule has 382 valence electrons. The standard InChI is InChI=1S/C49H78O18/c1-23-38(51)43(56-10)39(52)45(61-23)65-42-26(4)60-37(20-33(42)55-9)64-41-25(3)59-36(19-32(41)54-8)63-40-24(2)58-35(18-31(40)53-7)62-28-13-16-48(22-50)27(17-28)11-12-30-29(48)14-15-46(5)44-34-21-57-47(44,6)67-49(30,46)66-34/h11,23-26,28-45,50-52H,12-22H2,1-10H3/t23-,24-,25-,26-,28+,29+,30-,31-,32+,33-,34-,35+,36+,37+,38-,39-,40-,41-,42-,43+,44+,45+,46-,47-,48-,49+/m1/s1. The molecule has 10 rings (SSSR count). The molecule has 3 aliphatic carbocycles. The van der Waals surface area contributed by atoms with Gasteiger partial charge in [-0.2, -0.15) is 0 Å². The second kappa shape index (κ2) is 18.8. The number of hydrogen-bond donors (Lipinski definition) is 3. The monoisotopic (exact) mass is 955 g/mol. The fourth-order valence-electron chi connectivity index (χ4n) is 15.0. The Hall–Kier alpha value is -0.980. The van der Waals surface area contributed by atoms with Crippen LogP contribution in [0.5, 0.6) is 0 Å². The highest BCUT2D eigenvalue weighted by Crippen LogP contribution is 2.76. The Kier molecular flexibility index (Phi) is 13.9. The zero-order valence-electron chi connectivity index (χ0n) is 41.0. The maximum Gasteiger partial charge on any atom is 0.187 e. The van der Waals surface area contributed by atoms with Gasteiger partial charge in [0, 0.05) is 64.4 Å². The molecule has 3 N–H and O–H groups in total. The molecule has 7 saturated heterocycles. The third-order valence-electron chi connectivity index (χ3n) is 18.3. The third-order valence-corrected chi connectivity index (χ3v) is 18.3. The van der Waals surface area contributed by atoms with Crippen LogP contribution in [0.4, 0.5) is 0 Å². The van der Waals surface area contributed by atoms with Gasteiger partial charge in [-0.1, -0.05) is 18.6 Å². The molecule has 2 saturated carbocycles. The lowest BCUT2D eigenvalue weighted by Crippen LogP contribution is -2.61. The SMILES string of the molecule is CO[C@@H]1[C@@H](O)[C@H](O[C@@H]2[C@@H](C)O[C@@H](O[C@H]3[C@@H](OC)C[C@H](O[C@@H]4[C@@H](C)O[C@@H](O[C@H]5CC[C@@]6(CO)C(=CC[C@@H]7[C@@H]6CC[C@]6(C)[C@@H]8[C@H]9CO[C@]8(C)O[C@@]76O9)C5)C[C@H]4OC)O[C@@H]3C)C[C@H]2OC)O[C@H](C)[C@H]1O. The summed E-state index contributed by atoms with van der Waals surface area (Å²) in [6.45, 7) is 12.6. The lowest BCUT2D eigenvalue weighted by Gasteiger charge is -2.59. The summed E-state index contributed by atoms with van der Waals surface area (Å²) in [5.74, 6) is -0.651. The van der Waals surface area contributed by atoms with E-state index in [2.05, 4.69) is 19.9 Å². The Morgan fingerprint density at radius 2 is 1.24 bits per heavy atom. The Bertz CT molecular complexity index is 1770. The molecule has 9 fully saturated rings. The van der Waals surface area contributed by atoms with Gasteiger partial charge in [0.25, 0.3) is 0 Å². The highest BCUT2D eigenvalue weighted by atomic mass is 16.8. The molecule has 0 spiro atoms. The first-order valence-corrected chi connectivity index (χ1v) is 25.1. The zero-order chi connectivity index (χ0) is 47.4. The molecule has 0 radical (unpaired) electrons. The Balaban J connectivity index is 0.727. The molecule has 10 aliphatic rings. The predicted octanol–water partition coefficient (Wildman–Crippen LogP) is 3.47. The molecule has 18 heteroatoms. The van der Waals surface area contributed by atoms with Crippen molar-refractivity contribution in [2.24, 2.45) is 28.6 Å². The minimum atomic E-state index is -1.22. The van der Waals surface area contributed by atoms with Crippen LogP contribution in [0.25, 0.3) is 0 Å². The zero-order valence-corrected chi connectivity index (χ0v) is 41.0. The molecule has 7 aliphatic heterocycles. The summed E-state index contributed by atoms with van der Waals surface area (Å²) >= 11 is 0. The maximum atomic E-state index is 11.3. The largest absolute Gasteiger partial charge is 0.395 e. The van der Waals surface area contributed by atoms with Crippen molar-refractivity contribution in [2.75, 3.05) is 41.7 Å². The number of fused-ring (bicyclic) bond motifs is 3. The summed E-state index contributed by atoms with van der Waals surface area (Å²) in [5, 5.41) is 32.6. The number of allylic oxidation sites excluding steroid dienone is 1. The molecular weight excluding hydrogens is 877 g/mol. The summed E-state index contributed by atoms with van der Waals surface area (Å²) in [5.41, 5.74) is 0.860. The van der Waals surface area contributed by atoms with Gasteiger partial charge in [0.15, 0.2) is 36.7 Å². The van der Waals surface area contributed by atoms with Crippen molar-refractivity contribution < 1.29 is 86.4 Å². The van der Waals surface area contributed by atoms with Crippen LogP contribution in [0.15, 0.2) is 11.6 Å². The fraction of sp³-hybridized carbons (Fsp3) is 0.959. The van der Waals surface area contributed by atoms with Crippen molar-refractivity contribution >= 4 is 0 Å². The topological polar surface area (TPSA) is 199 Å². The fourth-order valence-corrected chi connectivity index (χ4v) is 15.0. The van der Waals surface area contributed by atoms with E-state index >= 15 is 0 Å². The van der Waals surface area contributed by atoms with Crippen LogP contribution in [-0.2, 0) is 71.1 Å². The quantitative estimate of drug-likeness (QED) is 0.227. The molecule has 0 unspecified atom stereocenters.